The van der Waals surface area contributed by atoms with Crippen LogP contribution in [0.5, 0.6) is 0 Å². The van der Waals surface area contributed by atoms with Crippen molar-refractivity contribution in [1.29, 1.82) is 5.26 Å². The Hall–Kier alpha value is -2.66. The third-order valence-electron chi connectivity index (χ3n) is 4.59. The number of nitriles is 1. The molecule has 0 saturated carbocycles. The molecule has 1 aliphatic heterocycles. The number of benzene rings is 2. The van der Waals surface area contributed by atoms with Crippen molar-refractivity contribution in [2.45, 2.75) is 6.54 Å². The van der Waals surface area contributed by atoms with E-state index < -0.39 is 0 Å². The van der Waals surface area contributed by atoms with Crippen LogP contribution < -0.4 is 16.1 Å². The highest BCUT2D eigenvalue weighted by Gasteiger charge is 2.20. The van der Waals surface area contributed by atoms with Crippen LogP contribution in [0.15, 0.2) is 47.6 Å². The molecule has 8 heteroatoms. The molecule has 0 amide bonds. The fraction of sp³-hybridized carbons (Fsp3) is 0.250. The number of hydrogen-bond donors (Lipinski definition) is 2. The lowest BCUT2D eigenvalue weighted by molar-refractivity contribution is 0.250. The number of rotatable bonds is 5. The standard InChI is InChI=1S/C20H21ClN6S/c21-18-4-2-1-3-16(18)14-26-7-9-27(10-8-26)19-6-5-15(11-17(19)12-22)13-24-25-20(23)28/h1-6,11,13H,7-10,14H2,(H3,23,25,28). The number of hydrazone groups is 1. The summed E-state index contributed by atoms with van der Waals surface area (Å²) >= 11 is 11.0. The topological polar surface area (TPSA) is 80.7 Å². The highest BCUT2D eigenvalue weighted by molar-refractivity contribution is 7.80. The number of anilines is 1. The summed E-state index contributed by atoms with van der Waals surface area (Å²) in [4.78, 5) is 4.63. The summed E-state index contributed by atoms with van der Waals surface area (Å²) < 4.78 is 0. The maximum Gasteiger partial charge on any atom is 0.184 e. The van der Waals surface area contributed by atoms with Crippen LogP contribution in [-0.2, 0) is 6.54 Å². The van der Waals surface area contributed by atoms with Crippen LogP contribution in [0.1, 0.15) is 16.7 Å². The van der Waals surface area contributed by atoms with E-state index in [9.17, 15) is 5.26 Å². The smallest absolute Gasteiger partial charge is 0.184 e. The largest absolute Gasteiger partial charge is 0.375 e. The zero-order chi connectivity index (χ0) is 19.9. The molecule has 1 saturated heterocycles. The Bertz CT molecular complexity index is 915. The normalized spacial score (nSPS) is 14.8. The molecular formula is C20H21ClN6S. The van der Waals surface area contributed by atoms with Gasteiger partial charge in [-0.05, 0) is 41.5 Å². The van der Waals surface area contributed by atoms with Crippen molar-refractivity contribution in [3.63, 3.8) is 0 Å². The molecule has 28 heavy (non-hydrogen) atoms. The Kier molecular flexibility index (Phi) is 6.82. The second kappa shape index (κ2) is 9.51. The van der Waals surface area contributed by atoms with E-state index in [0.717, 1.165) is 54.6 Å². The van der Waals surface area contributed by atoms with E-state index in [-0.39, 0.29) is 5.11 Å². The summed E-state index contributed by atoms with van der Waals surface area (Å²) in [6.07, 6.45) is 1.59. The molecule has 1 fully saturated rings. The summed E-state index contributed by atoms with van der Waals surface area (Å²) in [5.41, 5.74) is 11.4. The van der Waals surface area contributed by atoms with E-state index in [0.29, 0.717) is 5.56 Å². The number of nitrogens with two attached hydrogens (primary N) is 1. The van der Waals surface area contributed by atoms with E-state index in [2.05, 4.69) is 32.5 Å². The van der Waals surface area contributed by atoms with E-state index >= 15 is 0 Å². The molecule has 6 nitrogen and oxygen atoms in total. The van der Waals surface area contributed by atoms with Gasteiger partial charge in [-0.15, -0.1) is 0 Å². The Morgan fingerprint density at radius 1 is 1.25 bits per heavy atom. The van der Waals surface area contributed by atoms with Crippen LogP contribution in [-0.4, -0.2) is 42.4 Å². The van der Waals surface area contributed by atoms with Gasteiger partial charge in [0.05, 0.1) is 17.5 Å². The minimum Gasteiger partial charge on any atom is -0.375 e. The Labute approximate surface area is 175 Å². The molecule has 144 valence electrons. The van der Waals surface area contributed by atoms with Gasteiger partial charge in [-0.2, -0.15) is 10.4 Å². The summed E-state index contributed by atoms with van der Waals surface area (Å²) in [7, 11) is 0. The summed E-state index contributed by atoms with van der Waals surface area (Å²) in [6.45, 7) is 4.38. The van der Waals surface area contributed by atoms with Crippen molar-refractivity contribution < 1.29 is 0 Å². The Morgan fingerprint density at radius 2 is 2.00 bits per heavy atom. The van der Waals surface area contributed by atoms with Gasteiger partial charge in [0.2, 0.25) is 0 Å². The number of nitrogens with one attached hydrogen (secondary N) is 1. The average molecular weight is 413 g/mol. The molecule has 0 spiro atoms. The fourth-order valence-corrected chi connectivity index (χ4v) is 3.43. The summed E-state index contributed by atoms with van der Waals surface area (Å²) in [5, 5.41) is 14.4. The molecule has 0 aliphatic carbocycles. The maximum absolute atomic E-state index is 9.56. The predicted octanol–water partition coefficient (Wildman–Crippen LogP) is 2.70. The van der Waals surface area contributed by atoms with Gasteiger partial charge in [0.25, 0.3) is 0 Å². The van der Waals surface area contributed by atoms with Crippen molar-refractivity contribution in [3.05, 3.63) is 64.2 Å². The van der Waals surface area contributed by atoms with E-state index in [4.69, 9.17) is 29.6 Å². The van der Waals surface area contributed by atoms with Gasteiger partial charge in [-0.25, -0.2) is 0 Å². The number of hydrogen-bond acceptors (Lipinski definition) is 5. The van der Waals surface area contributed by atoms with Gasteiger partial charge in [0.15, 0.2) is 5.11 Å². The lowest BCUT2D eigenvalue weighted by atomic mass is 10.1. The van der Waals surface area contributed by atoms with Gasteiger partial charge in [0, 0.05) is 37.7 Å². The third kappa shape index (κ3) is 5.20. The second-order valence-electron chi connectivity index (χ2n) is 6.48. The molecule has 3 rings (SSSR count). The minimum atomic E-state index is 0.100. The molecule has 1 heterocycles. The predicted molar refractivity (Wildman–Crippen MR) is 118 cm³/mol. The quantitative estimate of drug-likeness (QED) is 0.446. The van der Waals surface area contributed by atoms with Gasteiger partial charge in [-0.3, -0.25) is 10.3 Å². The lowest BCUT2D eigenvalue weighted by Gasteiger charge is -2.36. The first-order chi connectivity index (χ1) is 13.6. The first-order valence-electron chi connectivity index (χ1n) is 8.90. The SMILES string of the molecule is N#Cc1cc(C=NNC(N)=S)ccc1N1CCN(Cc2ccccc2Cl)CC1. The molecule has 3 N–H and O–H groups in total. The minimum absolute atomic E-state index is 0.100. The van der Waals surface area contributed by atoms with Gasteiger partial charge >= 0.3 is 0 Å². The average Bonchev–Trinajstić information content (AvgIpc) is 2.70. The van der Waals surface area contributed by atoms with Crippen LogP contribution in [0.2, 0.25) is 5.02 Å². The van der Waals surface area contributed by atoms with E-state index in [1.807, 2.05) is 36.4 Å². The monoisotopic (exact) mass is 412 g/mol. The molecule has 1 aliphatic rings. The zero-order valence-electron chi connectivity index (χ0n) is 15.3. The Morgan fingerprint density at radius 3 is 2.68 bits per heavy atom. The molecule has 2 aromatic rings. The fourth-order valence-electron chi connectivity index (χ4n) is 3.18. The molecule has 0 unspecified atom stereocenters. The van der Waals surface area contributed by atoms with Crippen LogP contribution in [0.3, 0.4) is 0 Å². The second-order valence-corrected chi connectivity index (χ2v) is 7.32. The summed E-state index contributed by atoms with van der Waals surface area (Å²) in [6, 6.07) is 15.9. The van der Waals surface area contributed by atoms with Crippen molar-refractivity contribution in [2.24, 2.45) is 10.8 Å². The maximum atomic E-state index is 9.56. The lowest BCUT2D eigenvalue weighted by Crippen LogP contribution is -2.46. The number of nitrogens with zero attached hydrogens (tertiary/aromatic N) is 4. The first kappa shape index (κ1) is 20.1. The molecule has 0 radical (unpaired) electrons. The van der Waals surface area contributed by atoms with E-state index in [1.165, 1.54) is 0 Å². The number of halogens is 1. The third-order valence-corrected chi connectivity index (χ3v) is 5.05. The van der Waals surface area contributed by atoms with Crippen molar-refractivity contribution in [1.82, 2.24) is 10.3 Å². The van der Waals surface area contributed by atoms with E-state index in [1.54, 1.807) is 6.21 Å². The highest BCUT2D eigenvalue weighted by atomic mass is 35.5. The zero-order valence-corrected chi connectivity index (χ0v) is 16.9. The first-order valence-corrected chi connectivity index (χ1v) is 9.69. The van der Waals surface area contributed by atoms with Crippen molar-refractivity contribution >= 4 is 40.8 Å². The summed E-state index contributed by atoms with van der Waals surface area (Å²) in [5.74, 6) is 0. The molecular weight excluding hydrogens is 392 g/mol. The van der Waals surface area contributed by atoms with Crippen LogP contribution >= 0.6 is 23.8 Å². The number of piperazine rings is 1. The molecule has 0 bridgehead atoms. The molecule has 0 atom stereocenters. The highest BCUT2D eigenvalue weighted by Crippen LogP contribution is 2.24. The molecule has 0 aromatic heterocycles. The van der Waals surface area contributed by atoms with Crippen molar-refractivity contribution in [3.8, 4) is 6.07 Å². The van der Waals surface area contributed by atoms with Crippen LogP contribution in [0.4, 0.5) is 5.69 Å². The van der Waals surface area contributed by atoms with Gasteiger partial charge in [-0.1, -0.05) is 35.9 Å². The van der Waals surface area contributed by atoms with Gasteiger partial charge < -0.3 is 10.6 Å². The van der Waals surface area contributed by atoms with Crippen LogP contribution in [0, 0.1) is 11.3 Å². The number of thiocarbonyl (C=S) groups is 1. The molecule has 2 aromatic carbocycles. The Balaban J connectivity index is 1.63. The van der Waals surface area contributed by atoms with Crippen molar-refractivity contribution in [2.75, 3.05) is 31.1 Å². The van der Waals surface area contributed by atoms with Crippen LogP contribution in [0.25, 0.3) is 0 Å². The van der Waals surface area contributed by atoms with Gasteiger partial charge in [0.1, 0.15) is 6.07 Å².